The average Bonchev–Trinajstić information content (AvgIpc) is 2.97. The van der Waals surface area contributed by atoms with Gasteiger partial charge < -0.3 is 15.2 Å². The third-order valence-corrected chi connectivity index (χ3v) is 3.96. The molecule has 0 unspecified atom stereocenters. The van der Waals surface area contributed by atoms with E-state index in [1.165, 1.54) is 5.56 Å². The molecule has 0 fully saturated rings. The molecule has 0 saturated heterocycles. The molecule has 1 aromatic heterocycles. The van der Waals surface area contributed by atoms with Gasteiger partial charge >= 0.3 is 0 Å². The second kappa shape index (κ2) is 7.83. The van der Waals surface area contributed by atoms with Gasteiger partial charge in [-0.15, -0.1) is 0 Å². The van der Waals surface area contributed by atoms with Crippen LogP contribution in [0.5, 0.6) is 0 Å². The first-order valence-corrected chi connectivity index (χ1v) is 8.63. The second-order valence-corrected chi connectivity index (χ2v) is 6.55. The summed E-state index contributed by atoms with van der Waals surface area (Å²) in [7, 11) is 0. The highest BCUT2D eigenvalue weighted by molar-refractivity contribution is 5.83. The highest BCUT2D eigenvalue weighted by Crippen LogP contribution is 2.20. The van der Waals surface area contributed by atoms with E-state index in [-0.39, 0.29) is 12.5 Å². The van der Waals surface area contributed by atoms with Crippen LogP contribution in [0.4, 0.5) is 5.95 Å². The zero-order valence-electron chi connectivity index (χ0n) is 14.7. The molecular weight excluding hydrogens is 312 g/mol. The summed E-state index contributed by atoms with van der Waals surface area (Å²) in [5, 5.41) is 6.33. The third kappa shape index (κ3) is 4.38. The zero-order chi connectivity index (χ0) is 17.6. The molecule has 130 valence electrons. The van der Waals surface area contributed by atoms with Crippen molar-refractivity contribution in [2.45, 2.75) is 26.9 Å². The molecule has 0 saturated carbocycles. The number of imidazole rings is 1. The van der Waals surface area contributed by atoms with Gasteiger partial charge in [-0.2, -0.15) is 0 Å². The Hall–Kier alpha value is -2.82. The number of amides is 1. The number of rotatable bonds is 7. The van der Waals surface area contributed by atoms with Gasteiger partial charge in [-0.1, -0.05) is 56.3 Å². The Bertz CT molecular complexity index is 839. The standard InChI is InChI=1S/C20H24N4O/c1-15(2)12-21-19(25)14-24-18-11-7-6-10-17(18)23-20(24)22-13-16-8-4-3-5-9-16/h3-11,15H,12-14H2,1-2H3,(H,21,25)(H,22,23). The third-order valence-electron chi connectivity index (χ3n) is 3.96. The van der Waals surface area contributed by atoms with Crippen molar-refractivity contribution in [3.8, 4) is 0 Å². The lowest BCUT2D eigenvalue weighted by atomic mass is 10.2. The molecule has 0 aliphatic carbocycles. The minimum absolute atomic E-state index is 0.000357. The van der Waals surface area contributed by atoms with E-state index in [4.69, 9.17) is 0 Å². The fourth-order valence-electron chi connectivity index (χ4n) is 2.66. The topological polar surface area (TPSA) is 59.0 Å². The predicted octanol–water partition coefficient (Wildman–Crippen LogP) is 3.42. The van der Waals surface area contributed by atoms with Gasteiger partial charge in [0.25, 0.3) is 0 Å². The van der Waals surface area contributed by atoms with Crippen molar-refractivity contribution in [2.24, 2.45) is 5.92 Å². The van der Waals surface area contributed by atoms with Crippen molar-refractivity contribution in [1.82, 2.24) is 14.9 Å². The summed E-state index contributed by atoms with van der Waals surface area (Å²) >= 11 is 0. The van der Waals surface area contributed by atoms with Gasteiger partial charge in [-0.3, -0.25) is 4.79 Å². The molecule has 2 aromatic carbocycles. The highest BCUT2D eigenvalue weighted by atomic mass is 16.1. The number of hydrogen-bond acceptors (Lipinski definition) is 3. The molecule has 0 bridgehead atoms. The molecule has 0 radical (unpaired) electrons. The molecule has 5 nitrogen and oxygen atoms in total. The quantitative estimate of drug-likeness (QED) is 0.695. The number of benzene rings is 2. The van der Waals surface area contributed by atoms with Crippen LogP contribution in [0.2, 0.25) is 0 Å². The van der Waals surface area contributed by atoms with Gasteiger partial charge in [0.05, 0.1) is 11.0 Å². The van der Waals surface area contributed by atoms with E-state index in [2.05, 4.69) is 41.6 Å². The van der Waals surface area contributed by atoms with Crippen molar-refractivity contribution in [2.75, 3.05) is 11.9 Å². The molecule has 0 aliphatic rings. The maximum Gasteiger partial charge on any atom is 0.240 e. The highest BCUT2D eigenvalue weighted by Gasteiger charge is 2.13. The SMILES string of the molecule is CC(C)CNC(=O)Cn1c(NCc2ccccc2)nc2ccccc21. The summed E-state index contributed by atoms with van der Waals surface area (Å²) in [6.07, 6.45) is 0. The van der Waals surface area contributed by atoms with E-state index in [1.807, 2.05) is 47.0 Å². The maximum absolute atomic E-state index is 12.3. The molecule has 2 N–H and O–H groups in total. The number of anilines is 1. The van der Waals surface area contributed by atoms with Gasteiger partial charge in [0.2, 0.25) is 11.9 Å². The smallest absolute Gasteiger partial charge is 0.240 e. The largest absolute Gasteiger partial charge is 0.354 e. The number of nitrogens with one attached hydrogen (secondary N) is 2. The fourth-order valence-corrected chi connectivity index (χ4v) is 2.66. The van der Waals surface area contributed by atoms with Crippen molar-refractivity contribution < 1.29 is 4.79 Å². The molecule has 3 rings (SSSR count). The fraction of sp³-hybridized carbons (Fsp3) is 0.300. The molecule has 1 heterocycles. The summed E-state index contributed by atoms with van der Waals surface area (Å²) in [6.45, 7) is 5.76. The van der Waals surface area contributed by atoms with Crippen LogP contribution < -0.4 is 10.6 Å². The van der Waals surface area contributed by atoms with E-state index >= 15 is 0 Å². The van der Waals surface area contributed by atoms with Crippen LogP contribution in [-0.2, 0) is 17.9 Å². The van der Waals surface area contributed by atoms with Crippen molar-refractivity contribution in [3.05, 3.63) is 60.2 Å². The Morgan fingerprint density at radius 3 is 2.56 bits per heavy atom. The lowest BCUT2D eigenvalue weighted by Gasteiger charge is -2.12. The average molecular weight is 336 g/mol. The van der Waals surface area contributed by atoms with Crippen LogP contribution in [0.25, 0.3) is 11.0 Å². The summed E-state index contributed by atoms with van der Waals surface area (Å²) < 4.78 is 1.94. The van der Waals surface area contributed by atoms with Gasteiger partial charge in [0.1, 0.15) is 6.54 Å². The Morgan fingerprint density at radius 2 is 1.80 bits per heavy atom. The molecule has 1 amide bonds. The Labute approximate surface area is 148 Å². The molecule has 0 aliphatic heterocycles. The number of aromatic nitrogens is 2. The number of hydrogen-bond donors (Lipinski definition) is 2. The van der Waals surface area contributed by atoms with Crippen LogP contribution >= 0.6 is 0 Å². The first-order chi connectivity index (χ1) is 12.1. The Morgan fingerprint density at radius 1 is 1.08 bits per heavy atom. The van der Waals surface area contributed by atoms with Crippen LogP contribution in [0.15, 0.2) is 54.6 Å². The lowest BCUT2D eigenvalue weighted by molar-refractivity contribution is -0.121. The van der Waals surface area contributed by atoms with Crippen molar-refractivity contribution >= 4 is 22.9 Å². The second-order valence-electron chi connectivity index (χ2n) is 6.55. The first kappa shape index (κ1) is 17.0. The van der Waals surface area contributed by atoms with E-state index in [9.17, 15) is 4.79 Å². The number of fused-ring (bicyclic) bond motifs is 1. The molecule has 0 atom stereocenters. The number of para-hydroxylation sites is 2. The molecule has 25 heavy (non-hydrogen) atoms. The van der Waals surface area contributed by atoms with Crippen LogP contribution in [0.3, 0.4) is 0 Å². The normalized spacial score (nSPS) is 11.0. The molecule has 3 aromatic rings. The zero-order valence-corrected chi connectivity index (χ0v) is 14.7. The van der Waals surface area contributed by atoms with Crippen LogP contribution in [-0.4, -0.2) is 22.0 Å². The van der Waals surface area contributed by atoms with Crippen LogP contribution in [0, 0.1) is 5.92 Å². The van der Waals surface area contributed by atoms with Gasteiger partial charge in [-0.05, 0) is 23.6 Å². The first-order valence-electron chi connectivity index (χ1n) is 8.63. The van der Waals surface area contributed by atoms with Gasteiger partial charge in [-0.25, -0.2) is 4.98 Å². The van der Waals surface area contributed by atoms with E-state index in [1.54, 1.807) is 0 Å². The summed E-state index contributed by atoms with van der Waals surface area (Å²) in [5.41, 5.74) is 3.01. The summed E-state index contributed by atoms with van der Waals surface area (Å²) in [4.78, 5) is 16.9. The summed E-state index contributed by atoms with van der Waals surface area (Å²) in [6, 6.07) is 18.0. The predicted molar refractivity (Wildman–Crippen MR) is 101 cm³/mol. The Kier molecular flexibility index (Phi) is 5.33. The maximum atomic E-state index is 12.3. The molecule has 5 heteroatoms. The monoisotopic (exact) mass is 336 g/mol. The molecule has 0 spiro atoms. The van der Waals surface area contributed by atoms with Gasteiger partial charge in [0, 0.05) is 13.1 Å². The minimum Gasteiger partial charge on any atom is -0.354 e. The molecular formula is C20H24N4O. The van der Waals surface area contributed by atoms with E-state index in [0.29, 0.717) is 25.0 Å². The van der Waals surface area contributed by atoms with Crippen LogP contribution in [0.1, 0.15) is 19.4 Å². The number of carbonyl (C=O) groups excluding carboxylic acids is 1. The number of carbonyl (C=O) groups is 1. The van der Waals surface area contributed by atoms with Gasteiger partial charge in [0.15, 0.2) is 0 Å². The minimum atomic E-state index is -0.000357. The van der Waals surface area contributed by atoms with Crippen molar-refractivity contribution in [1.29, 1.82) is 0 Å². The van der Waals surface area contributed by atoms with Crippen molar-refractivity contribution in [3.63, 3.8) is 0 Å². The lowest BCUT2D eigenvalue weighted by Crippen LogP contribution is -2.31. The summed E-state index contributed by atoms with van der Waals surface area (Å²) in [5.74, 6) is 1.14. The van der Waals surface area contributed by atoms with E-state index in [0.717, 1.165) is 11.0 Å². The number of nitrogens with zero attached hydrogens (tertiary/aromatic N) is 2. The van der Waals surface area contributed by atoms with E-state index < -0.39 is 0 Å². The Balaban J connectivity index is 1.80.